The number of aromatic nitrogens is 3. The Hall–Kier alpha value is -2.67. The minimum Gasteiger partial charge on any atom is -0.460 e. The first-order valence-corrected chi connectivity index (χ1v) is 8.41. The van der Waals surface area contributed by atoms with Crippen molar-refractivity contribution in [2.24, 2.45) is 0 Å². The van der Waals surface area contributed by atoms with Gasteiger partial charge in [0.1, 0.15) is 11.5 Å². The zero-order chi connectivity index (χ0) is 17.4. The van der Waals surface area contributed by atoms with Gasteiger partial charge in [0.25, 0.3) is 0 Å². The number of piperidine rings is 1. The largest absolute Gasteiger partial charge is 0.460 e. The minimum atomic E-state index is -0.236. The summed E-state index contributed by atoms with van der Waals surface area (Å²) in [6.45, 7) is 5.24. The number of aliphatic hydroxyl groups excluding tert-OH is 1. The van der Waals surface area contributed by atoms with E-state index in [2.05, 4.69) is 15.0 Å². The summed E-state index contributed by atoms with van der Waals surface area (Å²) in [5.74, 6) is 2.73. The molecule has 7 nitrogen and oxygen atoms in total. The number of nitrogens with zero attached hydrogens (tertiary/aromatic N) is 4. The van der Waals surface area contributed by atoms with Gasteiger partial charge in [-0.25, -0.2) is 9.97 Å². The van der Waals surface area contributed by atoms with Crippen molar-refractivity contribution in [3.05, 3.63) is 35.9 Å². The second kappa shape index (κ2) is 6.33. The van der Waals surface area contributed by atoms with Crippen LogP contribution in [0.3, 0.4) is 0 Å². The average Bonchev–Trinajstić information content (AvgIpc) is 3.23. The van der Waals surface area contributed by atoms with E-state index < -0.39 is 0 Å². The lowest BCUT2D eigenvalue weighted by molar-refractivity contribution is 0.145. The SMILES string of the molecule is Cc1cc(-c2cnc(N3CCC(O)CC3)nc2-c2ccc(C)o2)on1. The molecule has 4 rings (SSSR count). The standard InChI is InChI=1S/C18H20N4O3/c1-11-9-16(25-21-11)14-10-19-18(22-7-5-13(23)6-8-22)20-17(14)15-4-3-12(2)24-15/h3-4,9-10,13,23H,5-8H2,1-2H3. The lowest BCUT2D eigenvalue weighted by atomic mass is 10.1. The number of aliphatic hydroxyl groups is 1. The van der Waals surface area contributed by atoms with Gasteiger partial charge < -0.3 is 18.9 Å². The van der Waals surface area contributed by atoms with E-state index >= 15 is 0 Å². The van der Waals surface area contributed by atoms with Crippen molar-refractivity contribution in [1.29, 1.82) is 0 Å². The van der Waals surface area contributed by atoms with Gasteiger partial charge in [-0.15, -0.1) is 0 Å². The van der Waals surface area contributed by atoms with E-state index in [1.807, 2.05) is 32.0 Å². The molecule has 0 bridgehead atoms. The highest BCUT2D eigenvalue weighted by Crippen LogP contribution is 2.33. The van der Waals surface area contributed by atoms with Gasteiger partial charge >= 0.3 is 0 Å². The Morgan fingerprint density at radius 2 is 1.96 bits per heavy atom. The fourth-order valence-corrected chi connectivity index (χ4v) is 3.01. The molecular formula is C18H20N4O3. The molecule has 3 aromatic rings. The minimum absolute atomic E-state index is 0.236. The molecule has 7 heteroatoms. The van der Waals surface area contributed by atoms with E-state index in [0.29, 0.717) is 23.2 Å². The van der Waals surface area contributed by atoms with Gasteiger partial charge in [0.2, 0.25) is 5.95 Å². The molecule has 130 valence electrons. The maximum absolute atomic E-state index is 9.70. The Balaban J connectivity index is 1.77. The second-order valence-corrected chi connectivity index (χ2v) is 6.39. The number of aryl methyl sites for hydroxylation is 2. The lowest BCUT2D eigenvalue weighted by Gasteiger charge is -2.29. The van der Waals surface area contributed by atoms with E-state index in [1.54, 1.807) is 6.20 Å². The molecule has 0 spiro atoms. The number of hydrogen-bond donors (Lipinski definition) is 1. The molecule has 4 heterocycles. The van der Waals surface area contributed by atoms with Crippen molar-refractivity contribution in [3.63, 3.8) is 0 Å². The summed E-state index contributed by atoms with van der Waals surface area (Å²) in [6, 6.07) is 5.66. The van der Waals surface area contributed by atoms with Crippen LogP contribution in [0.4, 0.5) is 5.95 Å². The first-order chi connectivity index (χ1) is 12.1. The first-order valence-electron chi connectivity index (χ1n) is 8.41. The summed E-state index contributed by atoms with van der Waals surface area (Å²) < 4.78 is 11.2. The van der Waals surface area contributed by atoms with Crippen LogP contribution in [0.1, 0.15) is 24.3 Å². The number of hydrogen-bond acceptors (Lipinski definition) is 7. The van der Waals surface area contributed by atoms with Crippen LogP contribution >= 0.6 is 0 Å². The third-order valence-corrected chi connectivity index (χ3v) is 4.39. The third-order valence-electron chi connectivity index (χ3n) is 4.39. The molecule has 1 aliphatic heterocycles. The highest BCUT2D eigenvalue weighted by atomic mass is 16.5. The van der Waals surface area contributed by atoms with Crippen LogP contribution in [0, 0.1) is 13.8 Å². The van der Waals surface area contributed by atoms with Crippen molar-refractivity contribution in [2.45, 2.75) is 32.8 Å². The van der Waals surface area contributed by atoms with E-state index in [0.717, 1.165) is 42.9 Å². The molecule has 0 unspecified atom stereocenters. The quantitative estimate of drug-likeness (QED) is 0.784. The summed E-state index contributed by atoms with van der Waals surface area (Å²) >= 11 is 0. The van der Waals surface area contributed by atoms with E-state index in [-0.39, 0.29) is 6.10 Å². The molecule has 0 saturated carbocycles. The summed E-state index contributed by atoms with van der Waals surface area (Å²) in [5, 5.41) is 13.7. The van der Waals surface area contributed by atoms with Gasteiger partial charge in [-0.3, -0.25) is 0 Å². The number of anilines is 1. The number of furan rings is 1. The summed E-state index contributed by atoms with van der Waals surface area (Å²) in [4.78, 5) is 11.3. The molecule has 0 atom stereocenters. The fraction of sp³-hybridized carbons (Fsp3) is 0.389. The fourth-order valence-electron chi connectivity index (χ4n) is 3.01. The average molecular weight is 340 g/mol. The molecule has 3 aromatic heterocycles. The van der Waals surface area contributed by atoms with Crippen molar-refractivity contribution < 1.29 is 14.0 Å². The van der Waals surface area contributed by atoms with Crippen molar-refractivity contribution in [1.82, 2.24) is 15.1 Å². The summed E-state index contributed by atoms with van der Waals surface area (Å²) in [7, 11) is 0. The smallest absolute Gasteiger partial charge is 0.226 e. The normalized spacial score (nSPS) is 15.7. The molecule has 1 saturated heterocycles. The molecular weight excluding hydrogens is 320 g/mol. The summed E-state index contributed by atoms with van der Waals surface area (Å²) in [5.41, 5.74) is 2.22. The first kappa shape index (κ1) is 15.8. The molecule has 1 aliphatic rings. The second-order valence-electron chi connectivity index (χ2n) is 6.39. The molecule has 0 aromatic carbocycles. The van der Waals surface area contributed by atoms with Crippen LogP contribution in [0.25, 0.3) is 22.8 Å². The molecule has 1 fully saturated rings. The zero-order valence-corrected chi connectivity index (χ0v) is 14.3. The highest BCUT2D eigenvalue weighted by Gasteiger charge is 2.23. The van der Waals surface area contributed by atoms with Crippen LogP contribution in [-0.4, -0.2) is 39.4 Å². The van der Waals surface area contributed by atoms with Gasteiger partial charge in [-0.05, 0) is 38.8 Å². The number of rotatable bonds is 3. The predicted octanol–water partition coefficient (Wildman–Crippen LogP) is 2.97. The Labute approximate surface area is 145 Å². The van der Waals surface area contributed by atoms with Crippen LogP contribution in [0.5, 0.6) is 0 Å². The van der Waals surface area contributed by atoms with Gasteiger partial charge in [0, 0.05) is 25.4 Å². The Kier molecular flexibility index (Phi) is 4.01. The molecule has 25 heavy (non-hydrogen) atoms. The van der Waals surface area contributed by atoms with Crippen molar-refractivity contribution in [3.8, 4) is 22.8 Å². The van der Waals surface area contributed by atoms with Crippen LogP contribution in [0.2, 0.25) is 0 Å². The Bertz CT molecular complexity index is 878. The molecule has 1 N–H and O–H groups in total. The third kappa shape index (κ3) is 3.15. The van der Waals surface area contributed by atoms with Crippen LogP contribution in [0.15, 0.2) is 33.3 Å². The molecule has 0 radical (unpaired) electrons. The molecule has 0 aliphatic carbocycles. The topological polar surface area (TPSA) is 88.4 Å². The zero-order valence-electron chi connectivity index (χ0n) is 14.3. The monoisotopic (exact) mass is 340 g/mol. The highest BCUT2D eigenvalue weighted by molar-refractivity contribution is 5.76. The van der Waals surface area contributed by atoms with E-state index in [1.165, 1.54) is 0 Å². The predicted molar refractivity (Wildman–Crippen MR) is 92.2 cm³/mol. The van der Waals surface area contributed by atoms with Crippen molar-refractivity contribution in [2.75, 3.05) is 18.0 Å². The Morgan fingerprint density at radius 1 is 1.16 bits per heavy atom. The van der Waals surface area contributed by atoms with Gasteiger partial charge in [0.05, 0.1) is 17.4 Å². The van der Waals surface area contributed by atoms with Gasteiger partial charge in [-0.1, -0.05) is 5.16 Å². The lowest BCUT2D eigenvalue weighted by Crippen LogP contribution is -2.36. The maximum atomic E-state index is 9.70. The van der Waals surface area contributed by atoms with Crippen LogP contribution < -0.4 is 4.90 Å². The Morgan fingerprint density at radius 3 is 2.60 bits per heavy atom. The van der Waals surface area contributed by atoms with Gasteiger partial charge in [-0.2, -0.15) is 0 Å². The maximum Gasteiger partial charge on any atom is 0.226 e. The van der Waals surface area contributed by atoms with Gasteiger partial charge in [0.15, 0.2) is 11.5 Å². The van der Waals surface area contributed by atoms with E-state index in [9.17, 15) is 5.11 Å². The summed E-state index contributed by atoms with van der Waals surface area (Å²) in [6.07, 6.45) is 2.96. The van der Waals surface area contributed by atoms with Crippen molar-refractivity contribution >= 4 is 5.95 Å². The molecule has 0 amide bonds. The van der Waals surface area contributed by atoms with E-state index in [4.69, 9.17) is 13.9 Å². The van der Waals surface area contributed by atoms with Crippen LogP contribution in [-0.2, 0) is 0 Å².